The van der Waals surface area contributed by atoms with Gasteiger partial charge in [0.15, 0.2) is 5.66 Å². The Hall–Kier alpha value is -1.06. The SMILES string of the molecule is CCCCCCCCCCCCCCCCCC(=O)NC1(CC)CNC(CCCCCCCCCCCCCC)=N1. The third-order valence-electron chi connectivity index (χ3n) is 9.17. The average molecular weight is 576 g/mol. The van der Waals surface area contributed by atoms with Crippen LogP contribution in [0.4, 0.5) is 0 Å². The minimum Gasteiger partial charge on any atom is -0.369 e. The van der Waals surface area contributed by atoms with Crippen LogP contribution in [-0.2, 0) is 4.79 Å². The number of rotatable bonds is 31. The van der Waals surface area contributed by atoms with Crippen LogP contribution in [-0.4, -0.2) is 24.0 Å². The molecule has 1 heterocycles. The van der Waals surface area contributed by atoms with Gasteiger partial charge in [-0.05, 0) is 19.3 Å². The lowest BCUT2D eigenvalue weighted by atomic mass is 10.0. The Labute approximate surface area is 257 Å². The molecule has 1 atom stereocenters. The summed E-state index contributed by atoms with van der Waals surface area (Å²) in [5.74, 6) is 1.28. The van der Waals surface area contributed by atoms with E-state index in [1.54, 1.807) is 0 Å². The monoisotopic (exact) mass is 576 g/mol. The van der Waals surface area contributed by atoms with Crippen molar-refractivity contribution >= 4 is 11.7 Å². The van der Waals surface area contributed by atoms with Crippen molar-refractivity contribution in [2.75, 3.05) is 6.54 Å². The second-order valence-electron chi connectivity index (χ2n) is 13.2. The van der Waals surface area contributed by atoms with E-state index in [4.69, 9.17) is 4.99 Å². The van der Waals surface area contributed by atoms with Gasteiger partial charge in [-0.2, -0.15) is 0 Å². The highest BCUT2D eigenvalue weighted by atomic mass is 16.1. The summed E-state index contributed by atoms with van der Waals surface area (Å²) in [6, 6.07) is 0. The molecule has 41 heavy (non-hydrogen) atoms. The molecule has 1 aliphatic rings. The fraction of sp³-hybridized carbons (Fsp3) is 0.946. The van der Waals surface area contributed by atoms with Crippen molar-refractivity contribution in [3.63, 3.8) is 0 Å². The lowest BCUT2D eigenvalue weighted by Crippen LogP contribution is -2.49. The highest BCUT2D eigenvalue weighted by Gasteiger charge is 2.34. The maximum absolute atomic E-state index is 12.7. The van der Waals surface area contributed by atoms with Crippen LogP contribution in [0.2, 0.25) is 0 Å². The van der Waals surface area contributed by atoms with Gasteiger partial charge >= 0.3 is 0 Å². The van der Waals surface area contributed by atoms with Crippen LogP contribution in [0.5, 0.6) is 0 Å². The summed E-state index contributed by atoms with van der Waals surface area (Å²) in [5, 5.41) is 6.78. The molecule has 4 nitrogen and oxygen atoms in total. The van der Waals surface area contributed by atoms with Gasteiger partial charge in [-0.15, -0.1) is 0 Å². The maximum atomic E-state index is 12.7. The summed E-state index contributed by atoms with van der Waals surface area (Å²) in [4.78, 5) is 17.6. The predicted molar refractivity (Wildman–Crippen MR) is 182 cm³/mol. The van der Waals surface area contributed by atoms with Crippen molar-refractivity contribution < 1.29 is 4.79 Å². The molecular formula is C37H73N3O. The molecule has 0 bridgehead atoms. The van der Waals surface area contributed by atoms with E-state index < -0.39 is 5.66 Å². The topological polar surface area (TPSA) is 53.5 Å². The molecule has 0 aromatic heterocycles. The van der Waals surface area contributed by atoms with Crippen molar-refractivity contribution in [1.29, 1.82) is 0 Å². The van der Waals surface area contributed by atoms with Crippen molar-refractivity contribution in [1.82, 2.24) is 10.6 Å². The van der Waals surface area contributed by atoms with Gasteiger partial charge in [0.05, 0.1) is 12.4 Å². The molecule has 1 unspecified atom stereocenters. The largest absolute Gasteiger partial charge is 0.369 e. The zero-order chi connectivity index (χ0) is 29.7. The van der Waals surface area contributed by atoms with E-state index >= 15 is 0 Å². The van der Waals surface area contributed by atoms with Crippen molar-refractivity contribution in [2.45, 2.75) is 219 Å². The molecule has 4 heteroatoms. The fourth-order valence-electron chi connectivity index (χ4n) is 6.21. The molecular weight excluding hydrogens is 502 g/mol. The summed E-state index contributed by atoms with van der Waals surface area (Å²) in [6.07, 6.45) is 39.3. The number of carbonyl (C=O) groups is 1. The summed E-state index contributed by atoms with van der Waals surface area (Å²) in [6.45, 7) is 7.47. The summed E-state index contributed by atoms with van der Waals surface area (Å²) in [5.41, 5.74) is -0.418. The average Bonchev–Trinajstić information content (AvgIpc) is 3.38. The highest BCUT2D eigenvalue weighted by molar-refractivity contribution is 5.85. The first-order valence-electron chi connectivity index (χ1n) is 18.8. The molecule has 2 N–H and O–H groups in total. The van der Waals surface area contributed by atoms with Crippen LogP contribution in [0.3, 0.4) is 0 Å². The number of amidine groups is 1. The van der Waals surface area contributed by atoms with E-state index in [9.17, 15) is 4.79 Å². The van der Waals surface area contributed by atoms with Gasteiger partial charge < -0.3 is 10.6 Å². The standard InChI is InChI=1S/C37H73N3O/c1-4-7-9-11-13-15-17-19-20-21-23-25-27-29-31-33-36(41)40-37(6-3)34-38-35(39-37)32-30-28-26-24-22-18-16-14-12-10-8-5-2/h4-34H2,1-3H3,(H,38,39)(H,40,41). The number of nitrogens with zero attached hydrogens (tertiary/aromatic N) is 1. The molecule has 0 saturated heterocycles. The predicted octanol–water partition coefficient (Wildman–Crippen LogP) is 11.6. The van der Waals surface area contributed by atoms with Crippen LogP contribution >= 0.6 is 0 Å². The van der Waals surface area contributed by atoms with Gasteiger partial charge in [-0.3, -0.25) is 4.79 Å². The maximum Gasteiger partial charge on any atom is 0.221 e. The van der Waals surface area contributed by atoms with Gasteiger partial charge in [0.25, 0.3) is 0 Å². The van der Waals surface area contributed by atoms with Crippen LogP contribution < -0.4 is 10.6 Å². The van der Waals surface area contributed by atoms with E-state index in [0.29, 0.717) is 6.42 Å². The lowest BCUT2D eigenvalue weighted by Gasteiger charge is -2.25. The Balaban J connectivity index is 1.98. The Bertz CT molecular complexity index is 619. The van der Waals surface area contributed by atoms with E-state index in [2.05, 4.69) is 31.4 Å². The van der Waals surface area contributed by atoms with Crippen LogP contribution in [0.15, 0.2) is 4.99 Å². The first kappa shape index (κ1) is 38.0. The van der Waals surface area contributed by atoms with Crippen LogP contribution in [0.25, 0.3) is 0 Å². The molecule has 0 aromatic rings. The molecule has 242 valence electrons. The van der Waals surface area contributed by atoms with Gasteiger partial charge in [0.1, 0.15) is 0 Å². The lowest BCUT2D eigenvalue weighted by molar-refractivity contribution is -0.123. The molecule has 0 fully saturated rings. The number of aliphatic imine (C=N–C) groups is 1. The van der Waals surface area contributed by atoms with Crippen molar-refractivity contribution in [2.24, 2.45) is 4.99 Å². The number of carbonyl (C=O) groups excluding carboxylic acids is 1. The number of nitrogens with one attached hydrogen (secondary N) is 2. The first-order chi connectivity index (χ1) is 20.2. The first-order valence-corrected chi connectivity index (χ1v) is 18.8. The quantitative estimate of drug-likeness (QED) is 0.0808. The van der Waals surface area contributed by atoms with Gasteiger partial charge in [0.2, 0.25) is 5.91 Å². The van der Waals surface area contributed by atoms with E-state index in [-0.39, 0.29) is 5.91 Å². The molecule has 0 radical (unpaired) electrons. The van der Waals surface area contributed by atoms with Gasteiger partial charge in [0, 0.05) is 12.8 Å². The minimum absolute atomic E-state index is 0.179. The Morgan fingerprint density at radius 1 is 0.585 bits per heavy atom. The molecule has 1 aliphatic heterocycles. The summed E-state index contributed by atoms with van der Waals surface area (Å²) in [7, 11) is 0. The summed E-state index contributed by atoms with van der Waals surface area (Å²) >= 11 is 0. The second kappa shape index (κ2) is 27.8. The molecule has 0 aromatic carbocycles. The molecule has 1 rings (SSSR count). The summed E-state index contributed by atoms with van der Waals surface area (Å²) < 4.78 is 0. The third kappa shape index (κ3) is 22.2. The van der Waals surface area contributed by atoms with Crippen LogP contribution in [0, 0.1) is 0 Å². The van der Waals surface area contributed by atoms with E-state index in [1.165, 1.54) is 167 Å². The van der Waals surface area contributed by atoms with Crippen molar-refractivity contribution in [3.05, 3.63) is 0 Å². The van der Waals surface area contributed by atoms with Gasteiger partial charge in [-0.25, -0.2) is 4.99 Å². The smallest absolute Gasteiger partial charge is 0.221 e. The molecule has 0 aliphatic carbocycles. The Kier molecular flexibility index (Phi) is 25.7. The van der Waals surface area contributed by atoms with E-state index in [0.717, 1.165) is 31.6 Å². The second-order valence-corrected chi connectivity index (χ2v) is 13.2. The molecule has 0 saturated carbocycles. The zero-order valence-corrected chi connectivity index (χ0v) is 28.3. The van der Waals surface area contributed by atoms with Crippen molar-refractivity contribution in [3.8, 4) is 0 Å². The normalized spacial score (nSPS) is 16.6. The minimum atomic E-state index is -0.418. The molecule has 1 amide bonds. The van der Waals surface area contributed by atoms with E-state index in [1.807, 2.05) is 0 Å². The fourth-order valence-corrected chi connectivity index (χ4v) is 6.21. The number of hydrogen-bond donors (Lipinski definition) is 2. The van der Waals surface area contributed by atoms with Gasteiger partial charge in [-0.1, -0.05) is 181 Å². The number of hydrogen-bond acceptors (Lipinski definition) is 3. The number of unbranched alkanes of at least 4 members (excludes halogenated alkanes) is 25. The Morgan fingerprint density at radius 3 is 1.34 bits per heavy atom. The number of amides is 1. The van der Waals surface area contributed by atoms with Crippen LogP contribution in [0.1, 0.15) is 213 Å². The Morgan fingerprint density at radius 2 is 0.951 bits per heavy atom. The zero-order valence-electron chi connectivity index (χ0n) is 28.3. The third-order valence-corrected chi connectivity index (χ3v) is 9.17. The highest BCUT2D eigenvalue weighted by Crippen LogP contribution is 2.20. The molecule has 0 spiro atoms.